The normalized spacial score (nSPS) is 13.1. The molecule has 0 atom stereocenters. The van der Waals surface area contributed by atoms with Crippen molar-refractivity contribution in [3.63, 3.8) is 0 Å². The standard InChI is InChI=1S/C27H26N2O8S2/c1-16-4-7-21(20(10-16)15-38(32,33)34)22-8-5-17(12-26(22)39(35,36)37-3)11-25(30)24-14-19-13-18(27(31)28-2)6-9-23(19)29-24/h4-10,12-13H,11,14-15H2,1-3H3,(H,28,31)(H,32,33,34). The van der Waals surface area contributed by atoms with Gasteiger partial charge in [0.05, 0.1) is 18.5 Å². The Morgan fingerprint density at radius 1 is 1.00 bits per heavy atom. The van der Waals surface area contributed by atoms with Gasteiger partial charge in [0.25, 0.3) is 26.1 Å². The molecule has 0 aromatic heterocycles. The summed E-state index contributed by atoms with van der Waals surface area (Å²) in [5.41, 5.74) is 3.83. The number of hydrogen-bond donors (Lipinski definition) is 2. The van der Waals surface area contributed by atoms with E-state index < -0.39 is 26.0 Å². The predicted octanol–water partition coefficient (Wildman–Crippen LogP) is 3.18. The Balaban J connectivity index is 1.68. The zero-order valence-corrected chi connectivity index (χ0v) is 23.0. The summed E-state index contributed by atoms with van der Waals surface area (Å²) in [6, 6.07) is 14.2. The van der Waals surface area contributed by atoms with Crippen LogP contribution in [0.15, 0.2) is 64.5 Å². The van der Waals surface area contributed by atoms with E-state index in [1.54, 1.807) is 49.4 Å². The topological polar surface area (TPSA) is 156 Å². The number of ketones is 1. The average Bonchev–Trinajstić information content (AvgIpc) is 3.31. The highest BCUT2D eigenvalue weighted by molar-refractivity contribution is 7.87. The van der Waals surface area contributed by atoms with Crippen LogP contribution in [0.4, 0.5) is 5.69 Å². The van der Waals surface area contributed by atoms with Crippen LogP contribution in [-0.4, -0.2) is 52.9 Å². The number of nitrogens with zero attached hydrogens (tertiary/aromatic N) is 1. The molecular formula is C27H26N2O8S2. The number of hydrogen-bond acceptors (Lipinski definition) is 8. The van der Waals surface area contributed by atoms with Gasteiger partial charge in [-0.3, -0.25) is 18.3 Å². The minimum Gasteiger partial charge on any atom is -0.355 e. The van der Waals surface area contributed by atoms with E-state index in [0.717, 1.165) is 18.2 Å². The first kappa shape index (κ1) is 28.3. The molecule has 1 aliphatic heterocycles. The van der Waals surface area contributed by atoms with Gasteiger partial charge in [-0.15, -0.1) is 0 Å². The van der Waals surface area contributed by atoms with Gasteiger partial charge in [-0.05, 0) is 53.4 Å². The zero-order chi connectivity index (χ0) is 28.5. The fourth-order valence-corrected chi connectivity index (χ4v) is 5.99. The number of aryl methyl sites for hydroxylation is 1. The summed E-state index contributed by atoms with van der Waals surface area (Å²) in [6.45, 7) is 1.74. The highest BCUT2D eigenvalue weighted by atomic mass is 32.2. The van der Waals surface area contributed by atoms with Gasteiger partial charge in [-0.25, -0.2) is 4.99 Å². The van der Waals surface area contributed by atoms with Crippen LogP contribution in [0.1, 0.15) is 32.6 Å². The van der Waals surface area contributed by atoms with Gasteiger partial charge in [0.1, 0.15) is 10.6 Å². The molecule has 3 aromatic carbocycles. The summed E-state index contributed by atoms with van der Waals surface area (Å²) in [5, 5.41) is 2.55. The molecule has 1 amide bonds. The van der Waals surface area contributed by atoms with Crippen molar-refractivity contribution in [2.24, 2.45) is 4.99 Å². The first-order valence-corrected chi connectivity index (χ1v) is 14.8. The van der Waals surface area contributed by atoms with E-state index in [2.05, 4.69) is 10.3 Å². The van der Waals surface area contributed by atoms with E-state index in [0.29, 0.717) is 16.8 Å². The zero-order valence-electron chi connectivity index (χ0n) is 21.4. The second-order valence-corrected chi connectivity index (χ2v) is 12.2. The number of Topliss-reactive ketones (excluding diaryl/α,β-unsaturated/α-hetero) is 1. The Labute approximate surface area is 226 Å². The Hall–Kier alpha value is -3.71. The van der Waals surface area contributed by atoms with E-state index in [4.69, 9.17) is 4.18 Å². The van der Waals surface area contributed by atoms with E-state index >= 15 is 0 Å². The fourth-order valence-electron chi connectivity index (χ4n) is 4.43. The quantitative estimate of drug-likeness (QED) is 0.293. The first-order valence-electron chi connectivity index (χ1n) is 11.8. The Bertz CT molecular complexity index is 1740. The Kier molecular flexibility index (Phi) is 7.84. The number of rotatable bonds is 9. The summed E-state index contributed by atoms with van der Waals surface area (Å²) in [7, 11) is -6.15. The van der Waals surface area contributed by atoms with E-state index in [1.165, 1.54) is 19.2 Å². The lowest BCUT2D eigenvalue weighted by Gasteiger charge is -2.15. The maximum Gasteiger partial charge on any atom is 0.297 e. The lowest BCUT2D eigenvalue weighted by Crippen LogP contribution is -2.18. The van der Waals surface area contributed by atoms with Crippen molar-refractivity contribution in [2.45, 2.75) is 30.4 Å². The lowest BCUT2D eigenvalue weighted by molar-refractivity contribution is -0.112. The molecule has 39 heavy (non-hydrogen) atoms. The Morgan fingerprint density at radius 3 is 2.38 bits per heavy atom. The minimum atomic E-state index is -4.40. The number of nitrogens with one attached hydrogen (secondary N) is 1. The van der Waals surface area contributed by atoms with Crippen LogP contribution in [-0.2, 0) is 47.8 Å². The number of aliphatic imine (C=N–C) groups is 1. The number of carbonyl (C=O) groups is 2. The molecule has 12 heteroatoms. The van der Waals surface area contributed by atoms with Crippen molar-refractivity contribution in [3.05, 3.63) is 82.4 Å². The molecule has 0 fully saturated rings. The Morgan fingerprint density at radius 2 is 1.72 bits per heavy atom. The third-order valence-electron chi connectivity index (χ3n) is 6.29. The van der Waals surface area contributed by atoms with Crippen LogP contribution in [0.5, 0.6) is 0 Å². The van der Waals surface area contributed by atoms with Crippen LogP contribution < -0.4 is 5.32 Å². The summed E-state index contributed by atoms with van der Waals surface area (Å²) in [6.07, 6.45) is 0.0933. The average molecular weight is 571 g/mol. The summed E-state index contributed by atoms with van der Waals surface area (Å²) in [5.74, 6) is -1.28. The molecule has 0 saturated carbocycles. The lowest BCUT2D eigenvalue weighted by atomic mass is 9.96. The number of carbonyl (C=O) groups excluding carboxylic acids is 2. The summed E-state index contributed by atoms with van der Waals surface area (Å²) >= 11 is 0. The van der Waals surface area contributed by atoms with Gasteiger partial charge in [0.2, 0.25) is 0 Å². The van der Waals surface area contributed by atoms with Crippen LogP contribution in [0, 0.1) is 6.92 Å². The monoisotopic (exact) mass is 570 g/mol. The smallest absolute Gasteiger partial charge is 0.297 e. The molecule has 2 N–H and O–H groups in total. The van der Waals surface area contributed by atoms with Gasteiger partial charge in [0, 0.05) is 31.0 Å². The second kappa shape index (κ2) is 10.8. The molecule has 204 valence electrons. The molecule has 0 aliphatic carbocycles. The molecule has 0 spiro atoms. The molecule has 3 aromatic rings. The summed E-state index contributed by atoms with van der Waals surface area (Å²) < 4.78 is 63.2. The van der Waals surface area contributed by atoms with Crippen molar-refractivity contribution < 1.29 is 35.2 Å². The van der Waals surface area contributed by atoms with Crippen molar-refractivity contribution in [3.8, 4) is 11.1 Å². The molecule has 0 unspecified atom stereocenters. The van der Waals surface area contributed by atoms with Crippen molar-refractivity contribution in [1.82, 2.24) is 5.32 Å². The molecule has 1 aliphatic rings. The van der Waals surface area contributed by atoms with Gasteiger partial charge < -0.3 is 5.32 Å². The largest absolute Gasteiger partial charge is 0.355 e. The maximum atomic E-state index is 13.1. The van der Waals surface area contributed by atoms with Gasteiger partial charge >= 0.3 is 0 Å². The van der Waals surface area contributed by atoms with Crippen molar-refractivity contribution >= 4 is 43.3 Å². The van der Waals surface area contributed by atoms with Crippen LogP contribution in [0.2, 0.25) is 0 Å². The molecule has 0 radical (unpaired) electrons. The third kappa shape index (κ3) is 6.31. The highest BCUT2D eigenvalue weighted by Gasteiger charge is 2.25. The van der Waals surface area contributed by atoms with Crippen LogP contribution in [0.3, 0.4) is 0 Å². The minimum absolute atomic E-state index is 0.145. The molecule has 4 rings (SSSR count). The molecule has 1 heterocycles. The first-order chi connectivity index (χ1) is 18.3. The van der Waals surface area contributed by atoms with E-state index in [-0.39, 0.29) is 51.8 Å². The fraction of sp³-hybridized carbons (Fsp3) is 0.222. The maximum absolute atomic E-state index is 13.1. The summed E-state index contributed by atoms with van der Waals surface area (Å²) in [4.78, 5) is 29.2. The van der Waals surface area contributed by atoms with Gasteiger partial charge in [-0.1, -0.05) is 35.9 Å². The van der Waals surface area contributed by atoms with E-state index in [1.807, 2.05) is 0 Å². The van der Waals surface area contributed by atoms with Crippen LogP contribution >= 0.6 is 0 Å². The van der Waals surface area contributed by atoms with Gasteiger partial charge in [0.15, 0.2) is 5.78 Å². The molecule has 10 nitrogen and oxygen atoms in total. The second-order valence-electron chi connectivity index (χ2n) is 9.10. The highest BCUT2D eigenvalue weighted by Crippen LogP contribution is 2.34. The van der Waals surface area contributed by atoms with Crippen molar-refractivity contribution in [2.75, 3.05) is 14.2 Å². The molecule has 0 saturated heterocycles. The van der Waals surface area contributed by atoms with Crippen LogP contribution in [0.25, 0.3) is 11.1 Å². The number of amides is 1. The molecular weight excluding hydrogens is 544 g/mol. The van der Waals surface area contributed by atoms with E-state index in [9.17, 15) is 31.0 Å². The van der Waals surface area contributed by atoms with Crippen molar-refractivity contribution in [1.29, 1.82) is 0 Å². The number of fused-ring (bicyclic) bond motifs is 1. The third-order valence-corrected chi connectivity index (χ3v) is 8.28. The SMILES string of the molecule is CNC(=O)c1ccc2c(c1)CC(C(=O)Cc1ccc(-c3ccc(C)cc3CS(=O)(=O)O)c(S(=O)(=O)OC)c1)=N2. The number of benzene rings is 3. The predicted molar refractivity (Wildman–Crippen MR) is 145 cm³/mol. The van der Waals surface area contributed by atoms with Gasteiger partial charge in [-0.2, -0.15) is 16.8 Å². The molecule has 0 bridgehead atoms.